The summed E-state index contributed by atoms with van der Waals surface area (Å²) in [4.78, 5) is 0.0979. The highest BCUT2D eigenvalue weighted by Gasteiger charge is 2.15. The first-order valence-corrected chi connectivity index (χ1v) is 9.64. The van der Waals surface area contributed by atoms with E-state index in [1.54, 1.807) is 31.2 Å². The number of aryl methyl sites for hydroxylation is 1. The molecule has 0 unspecified atom stereocenters. The Morgan fingerprint density at radius 1 is 1.00 bits per heavy atom. The van der Waals surface area contributed by atoms with E-state index < -0.39 is 10.0 Å². The number of ether oxygens (including phenoxy) is 1. The maximum absolute atomic E-state index is 12.5. The highest BCUT2D eigenvalue weighted by atomic mass is 32.2. The summed E-state index contributed by atoms with van der Waals surface area (Å²) >= 11 is 0. The van der Waals surface area contributed by atoms with Gasteiger partial charge in [0.1, 0.15) is 11.5 Å². The van der Waals surface area contributed by atoms with Crippen LogP contribution in [0.15, 0.2) is 51.9 Å². The minimum atomic E-state index is -3.78. The van der Waals surface area contributed by atoms with E-state index in [0.717, 1.165) is 0 Å². The van der Waals surface area contributed by atoms with E-state index in [4.69, 9.17) is 9.26 Å². The standard InChI is InChI=1S/C17H19N5O4S/c1-11(2)25-13-4-6-14(7-5-13)27(23,24)22-16-9-8-15(19-20-16)18-17-10-12(3)26-21-17/h4-11H,1-3H3,(H,20,22)(H,18,19,21). The number of rotatable bonds is 7. The van der Waals surface area contributed by atoms with E-state index in [1.807, 2.05) is 13.8 Å². The van der Waals surface area contributed by atoms with Gasteiger partial charge in [0, 0.05) is 6.07 Å². The first-order chi connectivity index (χ1) is 12.8. The number of hydrogen-bond acceptors (Lipinski definition) is 8. The highest BCUT2D eigenvalue weighted by Crippen LogP contribution is 2.20. The van der Waals surface area contributed by atoms with Gasteiger partial charge in [-0.15, -0.1) is 10.2 Å². The molecule has 0 saturated carbocycles. The highest BCUT2D eigenvalue weighted by molar-refractivity contribution is 7.92. The molecule has 0 radical (unpaired) electrons. The minimum absolute atomic E-state index is 0.00847. The van der Waals surface area contributed by atoms with Crippen molar-refractivity contribution in [3.63, 3.8) is 0 Å². The van der Waals surface area contributed by atoms with Gasteiger partial charge in [-0.3, -0.25) is 4.72 Å². The van der Waals surface area contributed by atoms with Crippen molar-refractivity contribution in [2.24, 2.45) is 0 Å². The smallest absolute Gasteiger partial charge is 0.263 e. The van der Waals surface area contributed by atoms with Crippen molar-refractivity contribution in [2.75, 3.05) is 10.0 Å². The largest absolute Gasteiger partial charge is 0.491 e. The lowest BCUT2D eigenvalue weighted by atomic mass is 10.3. The number of anilines is 3. The lowest BCUT2D eigenvalue weighted by Crippen LogP contribution is -2.14. The van der Waals surface area contributed by atoms with Crippen LogP contribution >= 0.6 is 0 Å². The van der Waals surface area contributed by atoms with Gasteiger partial charge < -0.3 is 14.6 Å². The van der Waals surface area contributed by atoms with Crippen LogP contribution in [0.1, 0.15) is 19.6 Å². The number of benzene rings is 1. The van der Waals surface area contributed by atoms with Gasteiger partial charge >= 0.3 is 0 Å². The zero-order chi connectivity index (χ0) is 19.4. The molecule has 27 heavy (non-hydrogen) atoms. The summed E-state index contributed by atoms with van der Waals surface area (Å²) in [7, 11) is -3.78. The van der Waals surface area contributed by atoms with Gasteiger partial charge in [-0.2, -0.15) is 0 Å². The fourth-order valence-corrected chi connectivity index (χ4v) is 3.17. The van der Waals surface area contributed by atoms with Crippen molar-refractivity contribution >= 4 is 27.5 Å². The minimum Gasteiger partial charge on any atom is -0.491 e. The average Bonchev–Trinajstić information content (AvgIpc) is 3.01. The van der Waals surface area contributed by atoms with Gasteiger partial charge in [0.15, 0.2) is 17.5 Å². The molecular formula is C17H19N5O4S. The third-order valence-corrected chi connectivity index (χ3v) is 4.66. The van der Waals surface area contributed by atoms with Crippen LogP contribution in [0, 0.1) is 6.92 Å². The van der Waals surface area contributed by atoms with Crippen LogP contribution in [-0.2, 0) is 10.0 Å². The third kappa shape index (κ3) is 4.94. The molecule has 2 N–H and O–H groups in total. The number of aromatic nitrogens is 3. The Bertz CT molecular complexity index is 999. The van der Waals surface area contributed by atoms with Crippen LogP contribution < -0.4 is 14.8 Å². The molecule has 0 aliphatic heterocycles. The molecule has 3 rings (SSSR count). The van der Waals surface area contributed by atoms with Crippen LogP contribution in [0.3, 0.4) is 0 Å². The van der Waals surface area contributed by atoms with Crippen molar-refractivity contribution in [3.05, 3.63) is 48.2 Å². The van der Waals surface area contributed by atoms with E-state index in [9.17, 15) is 8.42 Å². The van der Waals surface area contributed by atoms with E-state index in [0.29, 0.717) is 23.1 Å². The van der Waals surface area contributed by atoms with Crippen LogP contribution in [0.5, 0.6) is 5.75 Å². The maximum Gasteiger partial charge on any atom is 0.263 e. The summed E-state index contributed by atoms with van der Waals surface area (Å²) in [6.45, 7) is 5.56. The number of nitrogens with one attached hydrogen (secondary N) is 2. The monoisotopic (exact) mass is 389 g/mol. The summed E-state index contributed by atoms with van der Waals surface area (Å²) in [5.41, 5.74) is 0. The molecule has 0 aliphatic carbocycles. The second-order valence-corrected chi connectivity index (χ2v) is 7.68. The fraction of sp³-hybridized carbons (Fsp3) is 0.235. The normalized spacial score (nSPS) is 11.4. The molecule has 2 heterocycles. The topological polar surface area (TPSA) is 119 Å². The summed E-state index contributed by atoms with van der Waals surface area (Å²) in [5, 5.41) is 14.5. The molecule has 0 aliphatic rings. The Morgan fingerprint density at radius 3 is 2.22 bits per heavy atom. The maximum atomic E-state index is 12.5. The molecule has 2 aromatic heterocycles. The van der Waals surface area contributed by atoms with E-state index >= 15 is 0 Å². The van der Waals surface area contributed by atoms with E-state index in [-0.39, 0.29) is 16.8 Å². The van der Waals surface area contributed by atoms with Crippen LogP contribution in [-0.4, -0.2) is 29.9 Å². The molecule has 1 aromatic carbocycles. The van der Waals surface area contributed by atoms with Gasteiger partial charge in [-0.05, 0) is 57.2 Å². The molecule has 10 heteroatoms. The Morgan fingerprint density at radius 2 is 1.67 bits per heavy atom. The van der Waals surface area contributed by atoms with Gasteiger partial charge in [-0.25, -0.2) is 8.42 Å². The van der Waals surface area contributed by atoms with Gasteiger partial charge in [0.2, 0.25) is 0 Å². The summed E-state index contributed by atoms with van der Waals surface area (Å²) < 4.78 is 37.7. The molecule has 3 aromatic rings. The van der Waals surface area contributed by atoms with Gasteiger partial charge in [-0.1, -0.05) is 5.16 Å². The first kappa shape index (κ1) is 18.6. The molecule has 0 amide bonds. The molecule has 0 saturated heterocycles. The van der Waals surface area contributed by atoms with E-state index in [1.165, 1.54) is 18.2 Å². The van der Waals surface area contributed by atoms with Crippen molar-refractivity contribution in [1.82, 2.24) is 15.4 Å². The lowest BCUT2D eigenvalue weighted by molar-refractivity contribution is 0.242. The van der Waals surface area contributed by atoms with Crippen LogP contribution in [0.25, 0.3) is 0 Å². The zero-order valence-electron chi connectivity index (χ0n) is 15.0. The second kappa shape index (κ2) is 7.62. The Balaban J connectivity index is 1.68. The summed E-state index contributed by atoms with van der Waals surface area (Å²) in [6, 6.07) is 10.9. The fourth-order valence-electron chi connectivity index (χ4n) is 2.18. The Hall–Kier alpha value is -3.14. The molecule has 142 valence electrons. The van der Waals surface area contributed by atoms with Crippen molar-refractivity contribution in [1.29, 1.82) is 0 Å². The first-order valence-electron chi connectivity index (χ1n) is 8.15. The Labute approximate surface area is 156 Å². The predicted octanol–water partition coefficient (Wildman–Crippen LogP) is 3.10. The average molecular weight is 389 g/mol. The number of hydrogen-bond donors (Lipinski definition) is 2. The Kier molecular flexibility index (Phi) is 5.26. The molecule has 0 spiro atoms. The summed E-state index contributed by atoms with van der Waals surface area (Å²) in [5.74, 6) is 2.24. The molecule has 0 fully saturated rings. The quantitative estimate of drug-likeness (QED) is 0.632. The molecule has 9 nitrogen and oxygen atoms in total. The van der Waals surface area contributed by atoms with Gasteiger partial charge in [0.05, 0.1) is 11.0 Å². The van der Waals surface area contributed by atoms with Crippen molar-refractivity contribution in [2.45, 2.75) is 31.8 Å². The van der Waals surface area contributed by atoms with Gasteiger partial charge in [0.25, 0.3) is 10.0 Å². The lowest BCUT2D eigenvalue weighted by Gasteiger charge is -2.11. The van der Waals surface area contributed by atoms with Crippen molar-refractivity contribution in [3.8, 4) is 5.75 Å². The molecule has 0 atom stereocenters. The SMILES string of the molecule is Cc1cc(Nc2ccc(NS(=O)(=O)c3ccc(OC(C)C)cc3)nn2)no1. The van der Waals surface area contributed by atoms with Crippen LogP contribution in [0.2, 0.25) is 0 Å². The van der Waals surface area contributed by atoms with E-state index in [2.05, 4.69) is 25.4 Å². The predicted molar refractivity (Wildman–Crippen MR) is 99.6 cm³/mol. The third-order valence-electron chi connectivity index (χ3n) is 3.29. The number of nitrogens with zero attached hydrogens (tertiary/aromatic N) is 3. The molecular weight excluding hydrogens is 370 g/mol. The molecule has 0 bridgehead atoms. The summed E-state index contributed by atoms with van der Waals surface area (Å²) in [6.07, 6.45) is 0.00847. The van der Waals surface area contributed by atoms with Crippen molar-refractivity contribution < 1.29 is 17.7 Å². The number of sulfonamides is 1. The van der Waals surface area contributed by atoms with Crippen LogP contribution in [0.4, 0.5) is 17.5 Å². The second-order valence-electron chi connectivity index (χ2n) is 6.00. The zero-order valence-corrected chi connectivity index (χ0v) is 15.8.